The third-order valence-electron chi connectivity index (χ3n) is 7.22. The number of carbonyl (C=O) groups is 2. The minimum Gasteiger partial charge on any atom is -0.384 e. The van der Waals surface area contributed by atoms with Crippen LogP contribution in [-0.2, 0) is 16.0 Å². The molecule has 0 bridgehead atoms. The van der Waals surface area contributed by atoms with Gasteiger partial charge in [0.2, 0.25) is 11.0 Å². The number of halogens is 2. The Hall–Kier alpha value is -3.36. The van der Waals surface area contributed by atoms with Gasteiger partial charge in [0, 0.05) is 22.7 Å². The number of thioether (sulfide) groups is 1. The van der Waals surface area contributed by atoms with Crippen LogP contribution >= 0.6 is 46.3 Å². The Morgan fingerprint density at radius 2 is 1.95 bits per heavy atom. The second-order valence-corrected chi connectivity index (χ2v) is 13.9. The number of aryl methyl sites for hydroxylation is 1. The number of nitrogens with one attached hydrogen (secondary N) is 1. The Labute approximate surface area is 262 Å². The van der Waals surface area contributed by atoms with Gasteiger partial charge in [0.25, 0.3) is 0 Å². The second kappa shape index (κ2) is 12.1. The molecule has 1 aliphatic heterocycles. The molecular formula is C30H28Cl2N6O2S2. The third-order valence-corrected chi connectivity index (χ3v) is 9.81. The van der Waals surface area contributed by atoms with Crippen molar-refractivity contribution in [1.29, 1.82) is 5.26 Å². The van der Waals surface area contributed by atoms with Crippen molar-refractivity contribution in [3.63, 3.8) is 0 Å². The van der Waals surface area contributed by atoms with Gasteiger partial charge >= 0.3 is 0 Å². The van der Waals surface area contributed by atoms with Gasteiger partial charge in [0.1, 0.15) is 5.82 Å². The van der Waals surface area contributed by atoms with Crippen LogP contribution in [0.4, 0.5) is 10.8 Å². The molecule has 3 aromatic rings. The summed E-state index contributed by atoms with van der Waals surface area (Å²) in [6, 6.07) is 15.1. The van der Waals surface area contributed by atoms with Crippen molar-refractivity contribution < 1.29 is 9.59 Å². The predicted molar refractivity (Wildman–Crippen MR) is 169 cm³/mol. The monoisotopic (exact) mass is 638 g/mol. The summed E-state index contributed by atoms with van der Waals surface area (Å²) in [4.78, 5) is 28.0. The number of aromatic nitrogens is 2. The van der Waals surface area contributed by atoms with Crippen LogP contribution in [0.15, 0.2) is 69.5 Å². The lowest BCUT2D eigenvalue weighted by Gasteiger charge is -2.42. The topological polar surface area (TPSA) is 125 Å². The molecule has 1 aromatic heterocycles. The molecule has 2 aromatic carbocycles. The summed E-state index contributed by atoms with van der Waals surface area (Å²) in [6.07, 6.45) is 1.83. The van der Waals surface area contributed by atoms with Crippen LogP contribution in [0.2, 0.25) is 10.0 Å². The van der Waals surface area contributed by atoms with Gasteiger partial charge in [-0.2, -0.15) is 5.26 Å². The lowest BCUT2D eigenvalue weighted by atomic mass is 9.68. The van der Waals surface area contributed by atoms with Crippen molar-refractivity contribution in [2.45, 2.75) is 50.3 Å². The van der Waals surface area contributed by atoms with Crippen LogP contribution in [0.25, 0.3) is 0 Å². The second-order valence-electron chi connectivity index (χ2n) is 10.9. The fourth-order valence-corrected chi connectivity index (χ4v) is 7.40. The molecule has 5 rings (SSSR count). The van der Waals surface area contributed by atoms with Gasteiger partial charge in [-0.1, -0.05) is 91.3 Å². The summed E-state index contributed by atoms with van der Waals surface area (Å²) in [5.41, 5.74) is 10.5. The summed E-state index contributed by atoms with van der Waals surface area (Å²) in [5.74, 6) is -0.535. The van der Waals surface area contributed by atoms with Gasteiger partial charge in [-0.3, -0.25) is 14.5 Å². The molecule has 0 fully saturated rings. The van der Waals surface area contributed by atoms with Crippen molar-refractivity contribution in [2.24, 2.45) is 11.1 Å². The SMILES string of the molecule is CCc1ccc(C2C(C#N)=C(N)N(c3nnc(SCC(=O)Nc4ccc(Cl)cc4Cl)s3)C3=C2C(=O)CC(C)(C)C3)cc1. The normalized spacial score (nSPS) is 18.1. The molecular weight excluding hydrogens is 611 g/mol. The van der Waals surface area contributed by atoms with E-state index < -0.39 is 5.92 Å². The van der Waals surface area contributed by atoms with E-state index in [0.717, 1.165) is 17.7 Å². The van der Waals surface area contributed by atoms with Crippen LogP contribution < -0.4 is 16.0 Å². The number of anilines is 2. The molecule has 8 nitrogen and oxygen atoms in total. The fraction of sp³-hybridized carbons (Fsp3) is 0.300. The highest BCUT2D eigenvalue weighted by Crippen LogP contribution is 2.50. The Balaban J connectivity index is 1.45. The molecule has 1 aliphatic carbocycles. The maximum absolute atomic E-state index is 13.7. The lowest BCUT2D eigenvalue weighted by molar-refractivity contribution is -0.118. The van der Waals surface area contributed by atoms with Crippen LogP contribution in [0.3, 0.4) is 0 Å². The molecule has 2 heterocycles. The van der Waals surface area contributed by atoms with E-state index in [9.17, 15) is 14.9 Å². The first-order chi connectivity index (χ1) is 20.0. The Morgan fingerprint density at radius 1 is 1.21 bits per heavy atom. The molecule has 3 N–H and O–H groups in total. The van der Waals surface area contributed by atoms with Gasteiger partial charge in [0.15, 0.2) is 10.1 Å². The number of ketones is 1. The fourth-order valence-electron chi connectivity index (χ4n) is 5.26. The zero-order chi connectivity index (χ0) is 30.2. The summed E-state index contributed by atoms with van der Waals surface area (Å²) in [5, 5.41) is 22.9. The number of rotatable bonds is 7. The maximum Gasteiger partial charge on any atom is 0.234 e. The summed E-state index contributed by atoms with van der Waals surface area (Å²) >= 11 is 14.6. The van der Waals surface area contributed by atoms with E-state index in [-0.39, 0.29) is 28.7 Å². The Bertz CT molecular complexity index is 1670. The molecule has 1 atom stereocenters. The van der Waals surface area contributed by atoms with E-state index in [2.05, 4.69) is 28.5 Å². The van der Waals surface area contributed by atoms with E-state index in [0.29, 0.717) is 49.2 Å². The van der Waals surface area contributed by atoms with E-state index >= 15 is 0 Å². The van der Waals surface area contributed by atoms with E-state index in [4.69, 9.17) is 28.9 Å². The largest absolute Gasteiger partial charge is 0.384 e. The maximum atomic E-state index is 13.7. The van der Waals surface area contributed by atoms with Gasteiger partial charge in [-0.05, 0) is 47.6 Å². The number of allylic oxidation sites excluding steroid dienone is 3. The van der Waals surface area contributed by atoms with Gasteiger partial charge in [-0.25, -0.2) is 0 Å². The van der Waals surface area contributed by atoms with Gasteiger partial charge in [0.05, 0.1) is 34.0 Å². The Morgan fingerprint density at radius 3 is 2.62 bits per heavy atom. The summed E-state index contributed by atoms with van der Waals surface area (Å²) < 4.78 is 0.537. The van der Waals surface area contributed by atoms with Gasteiger partial charge in [-0.15, -0.1) is 10.2 Å². The molecule has 0 saturated carbocycles. The van der Waals surface area contributed by atoms with Crippen molar-refractivity contribution >= 4 is 68.8 Å². The predicted octanol–water partition coefficient (Wildman–Crippen LogP) is 7.08. The first-order valence-electron chi connectivity index (χ1n) is 13.3. The highest BCUT2D eigenvalue weighted by atomic mass is 35.5. The number of hydrogen-bond acceptors (Lipinski definition) is 9. The molecule has 0 saturated heterocycles. The van der Waals surface area contributed by atoms with E-state index in [1.807, 2.05) is 38.1 Å². The molecule has 0 radical (unpaired) electrons. The summed E-state index contributed by atoms with van der Waals surface area (Å²) in [6.45, 7) is 6.17. The number of carbonyl (C=O) groups excluding carboxylic acids is 2. The Kier molecular flexibility index (Phi) is 8.67. The zero-order valence-corrected chi connectivity index (χ0v) is 26.3. The molecule has 1 amide bonds. The minimum absolute atomic E-state index is 0.00675. The highest BCUT2D eigenvalue weighted by Gasteiger charge is 2.45. The third kappa shape index (κ3) is 6.06. The van der Waals surface area contributed by atoms with Crippen molar-refractivity contribution in [3.05, 3.63) is 86.3 Å². The quantitative estimate of drug-likeness (QED) is 0.263. The number of nitrogens with zero attached hydrogens (tertiary/aromatic N) is 4. The number of Topliss-reactive ketones (excluding diaryl/α,β-unsaturated/α-hetero) is 1. The first kappa shape index (κ1) is 30.1. The van der Waals surface area contributed by atoms with Crippen LogP contribution in [-0.4, -0.2) is 27.6 Å². The number of benzene rings is 2. The minimum atomic E-state index is -0.555. The number of hydrogen-bond donors (Lipinski definition) is 2. The zero-order valence-electron chi connectivity index (χ0n) is 23.2. The van der Waals surface area contributed by atoms with Crippen molar-refractivity contribution in [3.8, 4) is 6.07 Å². The van der Waals surface area contributed by atoms with E-state index in [1.54, 1.807) is 23.1 Å². The molecule has 42 heavy (non-hydrogen) atoms. The average Bonchev–Trinajstić information content (AvgIpc) is 3.40. The molecule has 1 unspecified atom stereocenters. The number of amides is 1. The number of nitriles is 1. The average molecular weight is 640 g/mol. The first-order valence-corrected chi connectivity index (χ1v) is 15.8. The van der Waals surface area contributed by atoms with Crippen molar-refractivity contribution in [2.75, 3.05) is 16.0 Å². The molecule has 2 aliphatic rings. The van der Waals surface area contributed by atoms with E-state index in [1.165, 1.54) is 28.7 Å². The lowest BCUT2D eigenvalue weighted by Crippen LogP contribution is -2.42. The van der Waals surface area contributed by atoms with Crippen LogP contribution in [0.5, 0.6) is 0 Å². The van der Waals surface area contributed by atoms with Crippen molar-refractivity contribution in [1.82, 2.24) is 10.2 Å². The standard InChI is InChI=1S/C30H28Cl2N6O2S2/c1-4-16-5-7-17(8-6-16)25-19(14-33)27(34)38(22-12-30(2,3)13-23(39)26(22)25)28-36-37-29(42-28)41-15-24(40)35-21-10-9-18(31)11-20(21)32/h5-11,25H,4,12-13,15,34H2,1-3H3,(H,35,40). The van der Waals surface area contributed by atoms with Crippen LogP contribution in [0, 0.1) is 16.7 Å². The van der Waals surface area contributed by atoms with Gasteiger partial charge < -0.3 is 11.1 Å². The highest BCUT2D eigenvalue weighted by molar-refractivity contribution is 8.01. The summed E-state index contributed by atoms with van der Waals surface area (Å²) in [7, 11) is 0. The molecule has 0 spiro atoms. The molecule has 12 heteroatoms. The van der Waals surface area contributed by atoms with Crippen LogP contribution in [0.1, 0.15) is 50.7 Å². The molecule has 216 valence electrons. The number of nitrogens with two attached hydrogens (primary N) is 1. The smallest absolute Gasteiger partial charge is 0.234 e.